The molecule has 0 spiro atoms. The second-order valence-electron chi connectivity index (χ2n) is 4.56. The van der Waals surface area contributed by atoms with Gasteiger partial charge in [-0.2, -0.15) is 0 Å². The van der Waals surface area contributed by atoms with Crippen molar-refractivity contribution in [2.45, 2.75) is 0 Å². The monoisotopic (exact) mass is 294 g/mol. The minimum Gasteiger partial charge on any atom is -0.379 e. The van der Waals surface area contributed by atoms with Gasteiger partial charge in [-0.15, -0.1) is 11.3 Å². The number of hydrogen-bond acceptors (Lipinski definition) is 6. The molecule has 5 nitrogen and oxygen atoms in total. The third-order valence-corrected chi connectivity index (χ3v) is 4.14. The number of fused-ring (bicyclic) bond motifs is 1. The van der Waals surface area contributed by atoms with Gasteiger partial charge in [0.05, 0.1) is 5.69 Å². The topological polar surface area (TPSA) is 77.8 Å². The van der Waals surface area contributed by atoms with Crippen LogP contribution in [0.1, 0.15) is 0 Å². The average molecular weight is 294 g/mol. The molecule has 2 aromatic carbocycles. The number of hydrogen-bond donors (Lipinski definition) is 1. The van der Waals surface area contributed by atoms with Crippen LogP contribution in [0.15, 0.2) is 52.5 Å². The molecule has 2 heterocycles. The average Bonchev–Trinajstić information content (AvgIpc) is 3.15. The Labute approximate surface area is 124 Å². The van der Waals surface area contributed by atoms with Gasteiger partial charge in [-0.3, -0.25) is 0 Å². The molecule has 2 N–H and O–H groups in total. The van der Waals surface area contributed by atoms with Gasteiger partial charge in [0.1, 0.15) is 5.01 Å². The van der Waals surface area contributed by atoms with Gasteiger partial charge in [0.2, 0.25) is 0 Å². The molecule has 4 rings (SSSR count). The van der Waals surface area contributed by atoms with E-state index in [2.05, 4.69) is 44.2 Å². The lowest BCUT2D eigenvalue weighted by Crippen LogP contribution is -1.88. The third-order valence-electron chi connectivity index (χ3n) is 3.29. The number of thiazole rings is 1. The quantitative estimate of drug-likeness (QED) is 0.611. The van der Waals surface area contributed by atoms with E-state index in [1.165, 1.54) is 22.1 Å². The highest BCUT2D eigenvalue weighted by atomic mass is 32.1. The maximum absolute atomic E-state index is 5.71. The summed E-state index contributed by atoms with van der Waals surface area (Å²) >= 11 is 1.47. The fraction of sp³-hybridized carbons (Fsp3) is 0. The minimum absolute atomic E-state index is 0.258. The zero-order chi connectivity index (χ0) is 14.2. The first-order valence-corrected chi connectivity index (χ1v) is 7.23. The molecule has 6 heteroatoms. The van der Waals surface area contributed by atoms with Gasteiger partial charge < -0.3 is 5.73 Å². The zero-order valence-electron chi connectivity index (χ0n) is 10.9. The minimum atomic E-state index is 0.258. The summed E-state index contributed by atoms with van der Waals surface area (Å²) in [5, 5.41) is 12.4. The molecule has 102 valence electrons. The van der Waals surface area contributed by atoms with Crippen LogP contribution in [0.2, 0.25) is 0 Å². The maximum atomic E-state index is 5.71. The molecule has 21 heavy (non-hydrogen) atoms. The molecule has 0 atom stereocenters. The highest BCUT2D eigenvalue weighted by Crippen LogP contribution is 2.33. The van der Waals surface area contributed by atoms with Crippen LogP contribution in [0.25, 0.3) is 32.7 Å². The van der Waals surface area contributed by atoms with E-state index in [9.17, 15) is 0 Å². The number of benzene rings is 2. The molecule has 0 fully saturated rings. The van der Waals surface area contributed by atoms with E-state index in [1.807, 2.05) is 23.6 Å². The summed E-state index contributed by atoms with van der Waals surface area (Å²) in [5.74, 6) is 0.258. The van der Waals surface area contributed by atoms with E-state index >= 15 is 0 Å². The van der Waals surface area contributed by atoms with E-state index in [1.54, 1.807) is 0 Å². The number of anilines is 1. The highest BCUT2D eigenvalue weighted by Gasteiger charge is 2.15. The largest absolute Gasteiger partial charge is 0.379 e. The van der Waals surface area contributed by atoms with Crippen LogP contribution >= 0.6 is 11.3 Å². The second kappa shape index (κ2) is 4.68. The van der Waals surface area contributed by atoms with Crippen molar-refractivity contribution in [2.75, 3.05) is 5.73 Å². The van der Waals surface area contributed by atoms with Crippen molar-refractivity contribution in [3.63, 3.8) is 0 Å². The summed E-state index contributed by atoms with van der Waals surface area (Å²) in [6.45, 7) is 0. The Morgan fingerprint density at radius 1 is 1.00 bits per heavy atom. The lowest BCUT2D eigenvalue weighted by molar-refractivity contribution is 0.310. The lowest BCUT2D eigenvalue weighted by atomic mass is 10.0. The van der Waals surface area contributed by atoms with Crippen molar-refractivity contribution in [3.05, 3.63) is 47.8 Å². The van der Waals surface area contributed by atoms with Crippen LogP contribution in [0.5, 0.6) is 0 Å². The maximum Gasteiger partial charge on any atom is 0.198 e. The van der Waals surface area contributed by atoms with Crippen LogP contribution in [0.3, 0.4) is 0 Å². The summed E-state index contributed by atoms with van der Waals surface area (Å²) in [4.78, 5) is 4.61. The van der Waals surface area contributed by atoms with Gasteiger partial charge in [-0.1, -0.05) is 42.5 Å². The molecule has 2 aromatic heterocycles. The van der Waals surface area contributed by atoms with Gasteiger partial charge in [0, 0.05) is 10.9 Å². The summed E-state index contributed by atoms with van der Waals surface area (Å²) in [6.07, 6.45) is 0. The first-order chi connectivity index (χ1) is 10.3. The Balaban J connectivity index is 1.87. The van der Waals surface area contributed by atoms with Crippen LogP contribution in [0, 0.1) is 0 Å². The molecule has 0 amide bonds. The van der Waals surface area contributed by atoms with Crippen LogP contribution in [-0.2, 0) is 0 Å². The Morgan fingerprint density at radius 3 is 2.71 bits per heavy atom. The van der Waals surface area contributed by atoms with Gasteiger partial charge in [-0.25, -0.2) is 9.61 Å². The molecule has 0 aliphatic heterocycles. The summed E-state index contributed by atoms with van der Waals surface area (Å²) in [5.41, 5.74) is 8.19. The highest BCUT2D eigenvalue weighted by molar-refractivity contribution is 7.13. The van der Waals surface area contributed by atoms with E-state index in [0.717, 1.165) is 11.3 Å². The lowest BCUT2D eigenvalue weighted by Gasteiger charge is -2.03. The zero-order valence-corrected chi connectivity index (χ0v) is 11.7. The number of nitrogen functional groups attached to an aromatic ring is 1. The summed E-state index contributed by atoms with van der Waals surface area (Å²) in [7, 11) is 0. The standard InChI is InChI=1S/C15H10N4OS/c16-14-13(18-20-19-14)15-17-12(8-21-15)11-7-3-5-9-4-1-2-6-10(9)11/h1-8H,(H2,16,19). The summed E-state index contributed by atoms with van der Waals surface area (Å²) < 4.78 is 4.63. The predicted octanol–water partition coefficient (Wildman–Crippen LogP) is 3.60. The summed E-state index contributed by atoms with van der Waals surface area (Å²) in [6, 6.07) is 14.4. The fourth-order valence-electron chi connectivity index (χ4n) is 2.30. The van der Waals surface area contributed by atoms with Gasteiger partial charge in [0.25, 0.3) is 0 Å². The van der Waals surface area contributed by atoms with Crippen molar-refractivity contribution in [1.82, 2.24) is 15.3 Å². The first-order valence-electron chi connectivity index (χ1n) is 6.35. The van der Waals surface area contributed by atoms with Gasteiger partial charge in [0.15, 0.2) is 11.5 Å². The van der Waals surface area contributed by atoms with Crippen molar-refractivity contribution in [1.29, 1.82) is 0 Å². The number of rotatable bonds is 2. The Hall–Kier alpha value is -2.73. The predicted molar refractivity (Wildman–Crippen MR) is 82.8 cm³/mol. The Kier molecular flexibility index (Phi) is 2.68. The van der Waals surface area contributed by atoms with Crippen molar-refractivity contribution in [3.8, 4) is 22.0 Å². The molecule has 0 aliphatic rings. The fourth-order valence-corrected chi connectivity index (χ4v) is 3.11. The number of nitrogens with zero attached hydrogens (tertiary/aromatic N) is 3. The van der Waals surface area contributed by atoms with Crippen LogP contribution in [0.4, 0.5) is 5.82 Å². The second-order valence-corrected chi connectivity index (χ2v) is 5.42. The van der Waals surface area contributed by atoms with E-state index < -0.39 is 0 Å². The van der Waals surface area contributed by atoms with E-state index in [0.29, 0.717) is 10.7 Å². The van der Waals surface area contributed by atoms with Crippen molar-refractivity contribution < 1.29 is 4.63 Å². The smallest absolute Gasteiger partial charge is 0.198 e. The number of nitrogens with two attached hydrogens (primary N) is 1. The van der Waals surface area contributed by atoms with Gasteiger partial charge in [-0.05, 0) is 21.1 Å². The Morgan fingerprint density at radius 2 is 1.86 bits per heavy atom. The molecule has 0 radical (unpaired) electrons. The number of aromatic nitrogens is 3. The van der Waals surface area contributed by atoms with Crippen LogP contribution in [-0.4, -0.2) is 15.3 Å². The molecule has 0 bridgehead atoms. The molecule has 0 saturated heterocycles. The van der Waals surface area contributed by atoms with Crippen LogP contribution < -0.4 is 5.73 Å². The van der Waals surface area contributed by atoms with Crippen molar-refractivity contribution in [2.24, 2.45) is 0 Å². The molecular weight excluding hydrogens is 284 g/mol. The van der Waals surface area contributed by atoms with Crippen molar-refractivity contribution >= 4 is 27.9 Å². The molecule has 4 aromatic rings. The SMILES string of the molecule is Nc1nonc1-c1nc(-c2cccc3ccccc23)cs1. The van der Waals surface area contributed by atoms with E-state index in [4.69, 9.17) is 5.73 Å². The molecular formula is C15H10N4OS. The normalized spacial score (nSPS) is 11.0. The molecule has 0 unspecified atom stereocenters. The molecule has 0 saturated carbocycles. The Bertz CT molecular complexity index is 923. The molecule has 0 aliphatic carbocycles. The first kappa shape index (κ1) is 12.0. The third kappa shape index (κ3) is 1.96. The van der Waals surface area contributed by atoms with Gasteiger partial charge >= 0.3 is 0 Å². The van der Waals surface area contributed by atoms with E-state index in [-0.39, 0.29) is 5.82 Å².